The number of anilines is 1. The van der Waals surface area contributed by atoms with Crippen molar-refractivity contribution in [2.45, 2.75) is 12.1 Å². The third kappa shape index (κ3) is 3.61. The summed E-state index contributed by atoms with van der Waals surface area (Å²) in [5.74, 6) is -0.671. The first-order chi connectivity index (χ1) is 15.4. The lowest BCUT2D eigenvalue weighted by Crippen LogP contribution is -2.25. The minimum atomic E-state index is -0.401. The number of thiophene rings is 1. The second-order valence-electron chi connectivity index (χ2n) is 7.05. The number of carbonyl (C=O) groups is 1. The van der Waals surface area contributed by atoms with E-state index in [0.29, 0.717) is 43.0 Å². The third-order valence-corrected chi connectivity index (χ3v) is 7.08. The Hall–Kier alpha value is -3.37. The SMILES string of the molecule is Cc1c(C(=O)Nc2ccc(F)cc2)sc2nc3n(c(=O)c12)N=C(c1ccc(F)cc1)CS3. The molecule has 0 fully saturated rings. The van der Waals surface area contributed by atoms with Crippen molar-refractivity contribution < 1.29 is 13.6 Å². The number of nitrogens with one attached hydrogen (secondary N) is 1. The van der Waals surface area contributed by atoms with E-state index in [1.54, 1.807) is 19.1 Å². The van der Waals surface area contributed by atoms with Crippen LogP contribution in [0.25, 0.3) is 10.2 Å². The van der Waals surface area contributed by atoms with Crippen molar-refractivity contribution >= 4 is 50.6 Å². The Morgan fingerprint density at radius 3 is 2.41 bits per heavy atom. The van der Waals surface area contributed by atoms with Gasteiger partial charge in [0.2, 0.25) is 0 Å². The van der Waals surface area contributed by atoms with E-state index < -0.39 is 11.7 Å². The molecule has 0 spiro atoms. The minimum Gasteiger partial charge on any atom is -0.321 e. The van der Waals surface area contributed by atoms with Gasteiger partial charge in [0.1, 0.15) is 16.5 Å². The van der Waals surface area contributed by atoms with Crippen molar-refractivity contribution in [3.63, 3.8) is 0 Å². The molecule has 4 aromatic rings. The van der Waals surface area contributed by atoms with Crippen LogP contribution in [0, 0.1) is 18.6 Å². The van der Waals surface area contributed by atoms with Crippen molar-refractivity contribution in [3.8, 4) is 0 Å². The fourth-order valence-corrected chi connectivity index (χ4v) is 5.36. The van der Waals surface area contributed by atoms with Crippen LogP contribution >= 0.6 is 23.1 Å². The fourth-order valence-electron chi connectivity index (χ4n) is 3.34. The number of benzene rings is 2. The van der Waals surface area contributed by atoms with E-state index in [9.17, 15) is 18.4 Å². The summed E-state index contributed by atoms with van der Waals surface area (Å²) in [5.41, 5.74) is 1.94. The Morgan fingerprint density at radius 1 is 1.06 bits per heavy atom. The molecule has 1 N–H and O–H groups in total. The molecule has 0 saturated heterocycles. The van der Waals surface area contributed by atoms with E-state index in [-0.39, 0.29) is 11.4 Å². The van der Waals surface area contributed by atoms with Crippen molar-refractivity contribution in [3.05, 3.63) is 86.5 Å². The predicted octanol–water partition coefficient (Wildman–Crippen LogP) is 4.66. The monoisotopic (exact) mass is 468 g/mol. The Labute approximate surface area is 188 Å². The molecule has 10 heteroatoms. The lowest BCUT2D eigenvalue weighted by atomic mass is 10.1. The van der Waals surface area contributed by atoms with Gasteiger partial charge in [0.05, 0.1) is 16.0 Å². The van der Waals surface area contributed by atoms with Gasteiger partial charge in [-0.05, 0) is 54.4 Å². The molecule has 32 heavy (non-hydrogen) atoms. The zero-order valence-electron chi connectivity index (χ0n) is 16.6. The van der Waals surface area contributed by atoms with Gasteiger partial charge in [-0.15, -0.1) is 11.3 Å². The van der Waals surface area contributed by atoms with Gasteiger partial charge in [-0.2, -0.15) is 9.78 Å². The molecular weight excluding hydrogens is 454 g/mol. The number of nitrogens with zero attached hydrogens (tertiary/aromatic N) is 3. The highest BCUT2D eigenvalue weighted by atomic mass is 32.2. The summed E-state index contributed by atoms with van der Waals surface area (Å²) < 4.78 is 27.6. The highest BCUT2D eigenvalue weighted by molar-refractivity contribution is 7.99. The number of fused-ring (bicyclic) bond motifs is 2. The first kappa shape index (κ1) is 20.5. The first-order valence-electron chi connectivity index (χ1n) is 9.50. The second-order valence-corrected chi connectivity index (χ2v) is 8.99. The zero-order valence-corrected chi connectivity index (χ0v) is 18.2. The van der Waals surface area contributed by atoms with E-state index >= 15 is 0 Å². The fraction of sp³-hybridized carbons (Fsp3) is 0.0909. The Bertz CT molecular complexity index is 1460. The third-order valence-electron chi connectivity index (χ3n) is 4.96. The maximum Gasteiger partial charge on any atom is 0.283 e. The normalized spacial score (nSPS) is 13.0. The number of aromatic nitrogens is 2. The van der Waals surface area contributed by atoms with Crippen molar-refractivity contribution in [1.82, 2.24) is 9.66 Å². The molecule has 0 saturated carbocycles. The van der Waals surface area contributed by atoms with Crippen molar-refractivity contribution in [2.24, 2.45) is 5.10 Å². The van der Waals surface area contributed by atoms with Gasteiger partial charge in [-0.1, -0.05) is 23.9 Å². The smallest absolute Gasteiger partial charge is 0.283 e. The number of hydrogen-bond donors (Lipinski definition) is 1. The van der Waals surface area contributed by atoms with Gasteiger partial charge < -0.3 is 5.32 Å². The van der Waals surface area contributed by atoms with Crippen molar-refractivity contribution in [1.29, 1.82) is 0 Å². The van der Waals surface area contributed by atoms with Crippen LogP contribution in [0.4, 0.5) is 14.5 Å². The Morgan fingerprint density at radius 2 is 1.72 bits per heavy atom. The molecule has 160 valence electrons. The number of amides is 1. The average molecular weight is 469 g/mol. The largest absolute Gasteiger partial charge is 0.321 e. The number of aryl methyl sites for hydroxylation is 1. The quantitative estimate of drug-likeness (QED) is 0.444. The maximum absolute atomic E-state index is 13.2. The highest BCUT2D eigenvalue weighted by Crippen LogP contribution is 2.31. The molecule has 0 bridgehead atoms. The molecular formula is C22H14F2N4O2S2. The number of halogens is 2. The lowest BCUT2D eigenvalue weighted by molar-refractivity contribution is 0.103. The molecule has 0 atom stereocenters. The Kier molecular flexibility index (Phi) is 5.10. The first-order valence-corrected chi connectivity index (χ1v) is 11.3. The maximum atomic E-state index is 13.2. The van der Waals surface area contributed by atoms with Crippen LogP contribution in [-0.2, 0) is 0 Å². The molecule has 3 heterocycles. The van der Waals surface area contributed by atoms with E-state index in [0.717, 1.165) is 16.9 Å². The summed E-state index contributed by atoms with van der Waals surface area (Å²) in [5, 5.41) is 7.92. The van der Waals surface area contributed by atoms with Crippen LogP contribution < -0.4 is 10.9 Å². The zero-order chi connectivity index (χ0) is 22.4. The molecule has 1 aliphatic rings. The number of hydrogen-bond acceptors (Lipinski definition) is 6. The summed E-state index contributed by atoms with van der Waals surface area (Å²) in [4.78, 5) is 31.4. The number of carbonyl (C=O) groups excluding carboxylic acids is 1. The van der Waals surface area contributed by atoms with Crippen LogP contribution in [0.5, 0.6) is 0 Å². The predicted molar refractivity (Wildman–Crippen MR) is 122 cm³/mol. The van der Waals surface area contributed by atoms with Crippen LogP contribution in [0.3, 0.4) is 0 Å². The molecule has 1 amide bonds. The Balaban J connectivity index is 1.55. The van der Waals surface area contributed by atoms with Crippen molar-refractivity contribution in [2.75, 3.05) is 11.1 Å². The second kappa shape index (κ2) is 7.95. The molecule has 0 aliphatic carbocycles. The molecule has 0 radical (unpaired) electrons. The van der Waals surface area contributed by atoms with Crippen LogP contribution in [0.2, 0.25) is 0 Å². The van der Waals surface area contributed by atoms with E-state index in [4.69, 9.17) is 0 Å². The lowest BCUT2D eigenvalue weighted by Gasteiger charge is -2.15. The molecule has 0 unspecified atom stereocenters. The van der Waals surface area contributed by atoms with Gasteiger partial charge in [0.25, 0.3) is 11.5 Å². The summed E-state index contributed by atoms with van der Waals surface area (Å²) >= 11 is 2.48. The topological polar surface area (TPSA) is 76.3 Å². The van der Waals surface area contributed by atoms with Gasteiger partial charge in [-0.25, -0.2) is 13.8 Å². The molecule has 1 aliphatic heterocycles. The van der Waals surface area contributed by atoms with Crippen LogP contribution in [0.1, 0.15) is 20.8 Å². The minimum absolute atomic E-state index is 0.327. The summed E-state index contributed by atoms with van der Waals surface area (Å²) in [6.45, 7) is 1.69. The molecule has 2 aromatic heterocycles. The van der Waals surface area contributed by atoms with Gasteiger partial charge in [-0.3, -0.25) is 9.59 Å². The molecule has 5 rings (SSSR count). The summed E-state index contributed by atoms with van der Waals surface area (Å²) in [6.07, 6.45) is 0. The molecule has 2 aromatic carbocycles. The molecule has 6 nitrogen and oxygen atoms in total. The highest BCUT2D eigenvalue weighted by Gasteiger charge is 2.24. The van der Waals surface area contributed by atoms with E-state index in [2.05, 4.69) is 15.4 Å². The van der Waals surface area contributed by atoms with E-state index in [1.165, 1.54) is 52.8 Å². The van der Waals surface area contributed by atoms with Gasteiger partial charge >= 0.3 is 0 Å². The van der Waals surface area contributed by atoms with Crippen LogP contribution in [-0.4, -0.2) is 27.0 Å². The van der Waals surface area contributed by atoms with Crippen LogP contribution in [0.15, 0.2) is 63.6 Å². The van der Waals surface area contributed by atoms with Gasteiger partial charge in [0, 0.05) is 11.4 Å². The van der Waals surface area contributed by atoms with E-state index in [1.807, 2.05) is 0 Å². The number of rotatable bonds is 3. The summed E-state index contributed by atoms with van der Waals surface area (Å²) in [7, 11) is 0. The standard InChI is InChI=1S/C22H14F2N4O2S2/c1-11-17-20(32-18(11)19(29)25-15-8-6-14(24)7-9-15)26-22-28(21(17)30)27-16(10-31-22)12-2-4-13(23)5-3-12/h2-9H,10H2,1H3,(H,25,29). The average Bonchev–Trinajstić information content (AvgIpc) is 3.12. The number of thioether (sulfide) groups is 1. The van der Waals surface area contributed by atoms with Gasteiger partial charge in [0.15, 0.2) is 5.16 Å². The summed E-state index contributed by atoms with van der Waals surface area (Å²) in [6, 6.07) is 11.4.